The second kappa shape index (κ2) is 7.26. The highest BCUT2D eigenvalue weighted by molar-refractivity contribution is 5.98. The highest BCUT2D eigenvalue weighted by Crippen LogP contribution is 2.21. The molecule has 1 aliphatic heterocycles. The van der Waals surface area contributed by atoms with Crippen LogP contribution in [0.2, 0.25) is 0 Å². The number of carbonyl (C=O) groups is 2. The summed E-state index contributed by atoms with van der Waals surface area (Å²) < 4.78 is 10.5. The number of rotatable bonds is 5. The van der Waals surface area contributed by atoms with Crippen molar-refractivity contribution in [3.8, 4) is 5.75 Å². The van der Waals surface area contributed by atoms with Crippen LogP contribution in [0.4, 0.5) is 0 Å². The number of methoxy groups -OCH3 is 1. The van der Waals surface area contributed by atoms with Crippen molar-refractivity contribution in [2.45, 2.75) is 25.8 Å². The number of ether oxygens (including phenoxy) is 2. The Morgan fingerprint density at radius 3 is 2.73 bits per heavy atom. The van der Waals surface area contributed by atoms with Crippen molar-refractivity contribution >= 4 is 11.9 Å². The van der Waals surface area contributed by atoms with Gasteiger partial charge in [0.15, 0.2) is 0 Å². The second-order valence-corrected chi connectivity index (χ2v) is 5.27. The van der Waals surface area contributed by atoms with E-state index in [1.165, 1.54) is 19.2 Å². The van der Waals surface area contributed by atoms with Crippen molar-refractivity contribution < 1.29 is 24.2 Å². The molecule has 0 bridgehead atoms. The van der Waals surface area contributed by atoms with Crippen LogP contribution in [0.5, 0.6) is 5.75 Å². The Hall–Kier alpha value is -2.08. The molecule has 2 rings (SSSR count). The molecular weight excluding hydrogens is 286 g/mol. The van der Waals surface area contributed by atoms with E-state index in [1.807, 2.05) is 0 Å². The van der Waals surface area contributed by atoms with E-state index in [0.29, 0.717) is 31.1 Å². The molecule has 0 radical (unpaired) electrons. The predicted octanol–water partition coefficient (Wildman–Crippen LogP) is 2.03. The van der Waals surface area contributed by atoms with Gasteiger partial charge in [-0.05, 0) is 24.6 Å². The number of nitrogens with zero attached hydrogens (tertiary/aromatic N) is 1. The summed E-state index contributed by atoms with van der Waals surface area (Å²) in [7, 11) is 1.45. The number of hydrogen-bond acceptors (Lipinski definition) is 4. The van der Waals surface area contributed by atoms with E-state index >= 15 is 0 Å². The van der Waals surface area contributed by atoms with Gasteiger partial charge in [-0.2, -0.15) is 0 Å². The van der Waals surface area contributed by atoms with Crippen molar-refractivity contribution in [2.24, 2.45) is 0 Å². The van der Waals surface area contributed by atoms with Crippen molar-refractivity contribution in [1.82, 2.24) is 4.90 Å². The molecule has 1 aromatic carbocycles. The molecule has 0 aromatic heterocycles. The Bertz CT molecular complexity index is 555. The highest BCUT2D eigenvalue weighted by atomic mass is 16.5. The van der Waals surface area contributed by atoms with E-state index in [2.05, 4.69) is 6.92 Å². The Balaban J connectivity index is 2.30. The largest absolute Gasteiger partial charge is 0.497 e. The molecule has 1 aromatic rings. The molecule has 1 N–H and O–H groups in total. The fourth-order valence-corrected chi connectivity index (χ4v) is 2.62. The van der Waals surface area contributed by atoms with Gasteiger partial charge in [-0.15, -0.1) is 0 Å². The summed E-state index contributed by atoms with van der Waals surface area (Å²) in [5.41, 5.74) is 0.378. The van der Waals surface area contributed by atoms with Gasteiger partial charge in [-0.25, -0.2) is 4.79 Å². The van der Waals surface area contributed by atoms with Gasteiger partial charge < -0.3 is 19.5 Å². The maximum absolute atomic E-state index is 12.7. The number of aromatic carboxylic acids is 1. The van der Waals surface area contributed by atoms with Crippen molar-refractivity contribution in [3.63, 3.8) is 0 Å². The highest BCUT2D eigenvalue weighted by Gasteiger charge is 2.28. The zero-order valence-corrected chi connectivity index (χ0v) is 12.9. The molecule has 1 amide bonds. The molecule has 0 aliphatic carbocycles. The molecule has 1 aliphatic rings. The van der Waals surface area contributed by atoms with Gasteiger partial charge >= 0.3 is 5.97 Å². The van der Waals surface area contributed by atoms with Gasteiger partial charge in [0.25, 0.3) is 5.91 Å². The number of carboxylic acid groups (broad SMARTS) is 1. The Morgan fingerprint density at radius 2 is 2.09 bits per heavy atom. The number of amides is 1. The zero-order valence-electron chi connectivity index (χ0n) is 12.9. The van der Waals surface area contributed by atoms with Crippen LogP contribution < -0.4 is 4.74 Å². The van der Waals surface area contributed by atoms with E-state index in [-0.39, 0.29) is 17.5 Å². The third-order valence-electron chi connectivity index (χ3n) is 3.75. The number of morpholine rings is 1. The average Bonchev–Trinajstić information content (AvgIpc) is 2.54. The average molecular weight is 307 g/mol. The minimum atomic E-state index is -1.08. The van der Waals surface area contributed by atoms with Crippen LogP contribution >= 0.6 is 0 Å². The predicted molar refractivity (Wildman–Crippen MR) is 80.5 cm³/mol. The third kappa shape index (κ3) is 3.57. The van der Waals surface area contributed by atoms with Crippen molar-refractivity contribution in [3.05, 3.63) is 29.3 Å². The van der Waals surface area contributed by atoms with Crippen LogP contribution in [0.3, 0.4) is 0 Å². The molecule has 0 spiro atoms. The van der Waals surface area contributed by atoms with E-state index in [1.54, 1.807) is 11.0 Å². The van der Waals surface area contributed by atoms with Crippen molar-refractivity contribution in [1.29, 1.82) is 0 Å². The number of carboxylic acids is 1. The molecule has 1 saturated heterocycles. The topological polar surface area (TPSA) is 76.1 Å². The van der Waals surface area contributed by atoms with Crippen molar-refractivity contribution in [2.75, 3.05) is 26.9 Å². The summed E-state index contributed by atoms with van der Waals surface area (Å²) in [5.74, 6) is -0.897. The molecule has 1 unspecified atom stereocenters. The van der Waals surface area contributed by atoms with E-state index in [4.69, 9.17) is 14.6 Å². The van der Waals surface area contributed by atoms with Gasteiger partial charge in [0, 0.05) is 12.1 Å². The monoisotopic (exact) mass is 307 g/mol. The summed E-state index contributed by atoms with van der Waals surface area (Å²) >= 11 is 0. The third-order valence-corrected chi connectivity index (χ3v) is 3.75. The second-order valence-electron chi connectivity index (χ2n) is 5.27. The smallest absolute Gasteiger partial charge is 0.335 e. The number of benzene rings is 1. The Kier molecular flexibility index (Phi) is 5.38. The van der Waals surface area contributed by atoms with E-state index in [9.17, 15) is 9.59 Å². The lowest BCUT2D eigenvalue weighted by Crippen LogP contribution is -2.48. The first-order valence-electron chi connectivity index (χ1n) is 7.38. The molecule has 22 heavy (non-hydrogen) atoms. The maximum Gasteiger partial charge on any atom is 0.335 e. The molecular formula is C16H21NO5. The molecule has 120 valence electrons. The minimum absolute atomic E-state index is 0.0331. The fourth-order valence-electron chi connectivity index (χ4n) is 2.62. The molecule has 1 fully saturated rings. The summed E-state index contributed by atoms with van der Waals surface area (Å²) in [6.07, 6.45) is 1.82. The Morgan fingerprint density at radius 1 is 1.36 bits per heavy atom. The summed E-state index contributed by atoms with van der Waals surface area (Å²) in [6.45, 7) is 3.60. The van der Waals surface area contributed by atoms with Crippen LogP contribution in [0.1, 0.15) is 40.5 Å². The molecule has 0 saturated carbocycles. The summed E-state index contributed by atoms with van der Waals surface area (Å²) in [5, 5.41) is 9.16. The van der Waals surface area contributed by atoms with Gasteiger partial charge in [0.2, 0.25) is 0 Å². The first kappa shape index (κ1) is 16.3. The molecule has 6 heteroatoms. The van der Waals surface area contributed by atoms with Crippen LogP contribution in [0.15, 0.2) is 18.2 Å². The van der Waals surface area contributed by atoms with Crippen LogP contribution in [0.25, 0.3) is 0 Å². The molecule has 6 nitrogen and oxygen atoms in total. The van der Waals surface area contributed by atoms with Gasteiger partial charge in [-0.3, -0.25) is 4.79 Å². The van der Waals surface area contributed by atoms with Gasteiger partial charge in [0.05, 0.1) is 31.9 Å². The standard InChI is InChI=1S/C16H21NO5/c1-3-4-13-10-22-6-5-17(13)15(18)11-7-12(16(19)20)9-14(8-11)21-2/h7-9,13H,3-6,10H2,1-2H3,(H,19,20). The maximum atomic E-state index is 12.7. The molecule has 1 heterocycles. The van der Waals surface area contributed by atoms with Gasteiger partial charge in [0.1, 0.15) is 5.75 Å². The first-order valence-corrected chi connectivity index (χ1v) is 7.38. The van der Waals surface area contributed by atoms with Gasteiger partial charge in [-0.1, -0.05) is 13.3 Å². The SMILES string of the molecule is CCCC1COCCN1C(=O)c1cc(OC)cc(C(=O)O)c1. The number of hydrogen-bond donors (Lipinski definition) is 1. The summed E-state index contributed by atoms with van der Waals surface area (Å²) in [6, 6.07) is 4.41. The van der Waals surface area contributed by atoms with E-state index < -0.39 is 5.97 Å². The van der Waals surface area contributed by atoms with Crippen LogP contribution in [-0.4, -0.2) is 54.8 Å². The minimum Gasteiger partial charge on any atom is -0.497 e. The zero-order chi connectivity index (χ0) is 16.1. The lowest BCUT2D eigenvalue weighted by Gasteiger charge is -2.35. The van der Waals surface area contributed by atoms with Crippen LogP contribution in [-0.2, 0) is 4.74 Å². The molecule has 1 atom stereocenters. The first-order chi connectivity index (χ1) is 10.6. The fraction of sp³-hybridized carbons (Fsp3) is 0.500. The quantitative estimate of drug-likeness (QED) is 0.901. The van der Waals surface area contributed by atoms with E-state index in [0.717, 1.165) is 12.8 Å². The lowest BCUT2D eigenvalue weighted by molar-refractivity contribution is -0.00435. The van der Waals surface area contributed by atoms with Crippen LogP contribution in [0, 0.1) is 0 Å². The summed E-state index contributed by atoms with van der Waals surface area (Å²) in [4.78, 5) is 25.7. The number of carbonyl (C=O) groups excluding carboxylic acids is 1. The Labute approximate surface area is 129 Å². The normalized spacial score (nSPS) is 18.1. The lowest BCUT2D eigenvalue weighted by atomic mass is 10.1.